The number of unbranched alkanes of at least 4 members (excludes halogenated alkanes) is 6. The van der Waals surface area contributed by atoms with Gasteiger partial charge in [0, 0.05) is 11.9 Å². The first-order valence-electron chi connectivity index (χ1n) is 6.94. The normalized spacial score (nSPS) is 9.44. The molecule has 0 N–H and O–H groups in total. The quantitative estimate of drug-likeness (QED) is 0.555. The van der Waals surface area contributed by atoms with Crippen molar-refractivity contribution in [3.05, 3.63) is 0 Å². The van der Waals surface area contributed by atoms with Gasteiger partial charge >= 0.3 is 0 Å². The van der Waals surface area contributed by atoms with Crippen LogP contribution in [0.2, 0.25) is 0 Å². The van der Waals surface area contributed by atoms with Crippen LogP contribution in [0.15, 0.2) is 0 Å². The number of hydrogen-bond acceptors (Lipinski definition) is 4. The van der Waals surface area contributed by atoms with Crippen LogP contribution in [0.1, 0.15) is 78.1 Å². The summed E-state index contributed by atoms with van der Waals surface area (Å²) in [6.45, 7) is 4.19. The fraction of sp³-hybridized carbons (Fsp3) is 0.857. The Morgan fingerprint density at radius 1 is 0.667 bits per heavy atom. The molecule has 0 aliphatic carbocycles. The lowest BCUT2D eigenvalue weighted by Crippen LogP contribution is -2.21. The summed E-state index contributed by atoms with van der Waals surface area (Å²) in [5, 5.41) is 19.7. The molecule has 0 saturated carbocycles. The van der Waals surface area contributed by atoms with Gasteiger partial charge in [-0.15, -0.1) is 0 Å². The van der Waals surface area contributed by atoms with Crippen molar-refractivity contribution in [2.45, 2.75) is 78.1 Å². The van der Waals surface area contributed by atoms with Crippen molar-refractivity contribution in [2.75, 3.05) is 0 Å². The van der Waals surface area contributed by atoms with Crippen LogP contribution in [-0.2, 0) is 9.59 Å². The minimum Gasteiger partial charge on any atom is -0.550 e. The van der Waals surface area contributed by atoms with Crippen LogP contribution in [0.5, 0.6) is 0 Å². The molecule has 18 heavy (non-hydrogen) atoms. The first kappa shape index (κ1) is 19.3. The van der Waals surface area contributed by atoms with Crippen molar-refractivity contribution < 1.29 is 19.8 Å². The van der Waals surface area contributed by atoms with Crippen molar-refractivity contribution in [3.8, 4) is 0 Å². The lowest BCUT2D eigenvalue weighted by atomic mass is 10.2. The Hall–Kier alpha value is -1.06. The molecule has 0 saturated heterocycles. The highest BCUT2D eigenvalue weighted by molar-refractivity contribution is 5.64. The number of carbonyl (C=O) groups excluding carboxylic acids is 2. The number of aliphatic carboxylic acids is 2. The van der Waals surface area contributed by atoms with Gasteiger partial charge in [0.1, 0.15) is 0 Å². The third-order valence-electron chi connectivity index (χ3n) is 2.47. The monoisotopic (exact) mass is 258 g/mol. The van der Waals surface area contributed by atoms with Gasteiger partial charge in [-0.05, 0) is 25.7 Å². The minimum atomic E-state index is -0.925. The minimum absolute atomic E-state index is 0.222. The second-order valence-electron chi connectivity index (χ2n) is 4.37. The maximum atomic E-state index is 9.85. The van der Waals surface area contributed by atoms with Gasteiger partial charge in [-0.1, -0.05) is 52.4 Å². The molecule has 0 spiro atoms. The van der Waals surface area contributed by atoms with Crippen LogP contribution < -0.4 is 10.2 Å². The Bertz CT molecular complexity index is 180. The summed E-state index contributed by atoms with van der Waals surface area (Å²) in [5.41, 5.74) is 0. The molecular weight excluding hydrogens is 232 g/mol. The Morgan fingerprint density at radius 3 is 1.22 bits per heavy atom. The van der Waals surface area contributed by atoms with E-state index in [4.69, 9.17) is 0 Å². The van der Waals surface area contributed by atoms with Gasteiger partial charge < -0.3 is 19.8 Å². The molecule has 0 amide bonds. The molecule has 0 aliphatic heterocycles. The molecule has 0 unspecified atom stereocenters. The summed E-state index contributed by atoms with van der Waals surface area (Å²) >= 11 is 0. The Labute approximate surface area is 110 Å². The van der Waals surface area contributed by atoms with E-state index in [1.807, 2.05) is 0 Å². The highest BCUT2D eigenvalue weighted by Crippen LogP contribution is 2.01. The zero-order valence-corrected chi connectivity index (χ0v) is 11.7. The Morgan fingerprint density at radius 2 is 1.00 bits per heavy atom. The molecule has 108 valence electrons. The molecule has 0 fully saturated rings. The third kappa shape index (κ3) is 24.3. The molecule has 0 atom stereocenters. The topological polar surface area (TPSA) is 80.3 Å². The second-order valence-corrected chi connectivity index (χ2v) is 4.37. The molecule has 0 rings (SSSR count). The van der Waals surface area contributed by atoms with Crippen LogP contribution in [0.4, 0.5) is 0 Å². The summed E-state index contributed by atoms with van der Waals surface area (Å²) in [4.78, 5) is 19.7. The SMILES string of the molecule is CCCCCCC(=O)[O-].CCCCCCC(=O)[O-]. The maximum absolute atomic E-state index is 9.85. The van der Waals surface area contributed by atoms with Crippen molar-refractivity contribution in [1.29, 1.82) is 0 Å². The van der Waals surface area contributed by atoms with Crippen LogP contribution in [0, 0.1) is 0 Å². The van der Waals surface area contributed by atoms with Gasteiger partial charge in [-0.2, -0.15) is 0 Å². The van der Waals surface area contributed by atoms with E-state index >= 15 is 0 Å². The molecule has 4 nitrogen and oxygen atoms in total. The summed E-state index contributed by atoms with van der Waals surface area (Å²) in [6.07, 6.45) is 8.59. The largest absolute Gasteiger partial charge is 0.550 e. The molecule has 0 aromatic heterocycles. The number of carboxylic acids is 2. The fourth-order valence-electron chi connectivity index (χ4n) is 1.39. The van der Waals surface area contributed by atoms with Crippen LogP contribution in [0.25, 0.3) is 0 Å². The average Bonchev–Trinajstić information content (AvgIpc) is 2.31. The van der Waals surface area contributed by atoms with E-state index in [1.54, 1.807) is 0 Å². The lowest BCUT2D eigenvalue weighted by Gasteiger charge is -1.99. The summed E-state index contributed by atoms with van der Waals surface area (Å²) in [7, 11) is 0. The number of rotatable bonds is 10. The summed E-state index contributed by atoms with van der Waals surface area (Å²) in [5.74, 6) is -1.85. The number of carbonyl (C=O) groups is 2. The van der Waals surface area contributed by atoms with Gasteiger partial charge in [-0.3, -0.25) is 0 Å². The molecule has 0 aliphatic rings. The van der Waals surface area contributed by atoms with Crippen molar-refractivity contribution in [1.82, 2.24) is 0 Å². The van der Waals surface area contributed by atoms with E-state index in [1.165, 1.54) is 0 Å². The summed E-state index contributed by atoms with van der Waals surface area (Å²) in [6, 6.07) is 0. The predicted molar refractivity (Wildman–Crippen MR) is 67.5 cm³/mol. The molecular formula is C14H26O4-2. The van der Waals surface area contributed by atoms with Crippen LogP contribution >= 0.6 is 0 Å². The van der Waals surface area contributed by atoms with Gasteiger partial charge in [0.15, 0.2) is 0 Å². The molecule has 0 radical (unpaired) electrons. The smallest absolute Gasteiger partial charge is 0.0414 e. The highest BCUT2D eigenvalue weighted by atomic mass is 16.4. The standard InChI is InChI=1S/2C7H14O2/c2*1-2-3-4-5-6-7(8)9/h2*2-6H2,1H3,(H,8,9)/p-2. The van der Waals surface area contributed by atoms with E-state index in [0.29, 0.717) is 0 Å². The van der Waals surface area contributed by atoms with Gasteiger partial charge in [-0.25, -0.2) is 0 Å². The van der Waals surface area contributed by atoms with Crippen LogP contribution in [-0.4, -0.2) is 11.9 Å². The first-order chi connectivity index (χ1) is 8.54. The molecule has 0 aromatic carbocycles. The van der Waals surface area contributed by atoms with E-state index in [0.717, 1.165) is 51.4 Å². The second kappa shape index (κ2) is 15.9. The average molecular weight is 258 g/mol. The zero-order chi connectivity index (χ0) is 14.2. The lowest BCUT2D eigenvalue weighted by molar-refractivity contribution is -0.307. The van der Waals surface area contributed by atoms with E-state index < -0.39 is 11.9 Å². The fourth-order valence-corrected chi connectivity index (χ4v) is 1.39. The molecule has 0 heterocycles. The van der Waals surface area contributed by atoms with Gasteiger partial charge in [0.25, 0.3) is 0 Å². The number of hydrogen-bond donors (Lipinski definition) is 0. The van der Waals surface area contributed by atoms with E-state index in [9.17, 15) is 19.8 Å². The Balaban J connectivity index is 0. The first-order valence-corrected chi connectivity index (χ1v) is 6.94. The third-order valence-corrected chi connectivity index (χ3v) is 2.47. The predicted octanol–water partition coefficient (Wildman–Crippen LogP) is 1.41. The zero-order valence-electron chi connectivity index (χ0n) is 11.7. The van der Waals surface area contributed by atoms with Gasteiger partial charge in [0.2, 0.25) is 0 Å². The molecule has 4 heteroatoms. The van der Waals surface area contributed by atoms with Crippen LogP contribution in [0.3, 0.4) is 0 Å². The van der Waals surface area contributed by atoms with Crippen molar-refractivity contribution >= 4 is 11.9 Å². The number of carboxylic acid groups (broad SMARTS) is 2. The maximum Gasteiger partial charge on any atom is 0.0414 e. The molecule has 0 bridgehead atoms. The van der Waals surface area contributed by atoms with E-state index in [-0.39, 0.29) is 12.8 Å². The molecule has 0 aromatic rings. The van der Waals surface area contributed by atoms with Crippen molar-refractivity contribution in [2.24, 2.45) is 0 Å². The van der Waals surface area contributed by atoms with Gasteiger partial charge in [0.05, 0.1) is 0 Å². The van der Waals surface area contributed by atoms with E-state index in [2.05, 4.69) is 13.8 Å². The van der Waals surface area contributed by atoms with Crippen molar-refractivity contribution in [3.63, 3.8) is 0 Å². The highest BCUT2D eigenvalue weighted by Gasteiger charge is 1.87. The Kier molecular flexibility index (Phi) is 17.1. The summed E-state index contributed by atoms with van der Waals surface area (Å²) < 4.78 is 0.